The average molecular weight is 539 g/mol. The number of piperazine rings is 1. The average Bonchev–Trinajstić information content (AvgIpc) is 3.27. The second kappa shape index (κ2) is 10.1. The number of anilines is 1. The zero-order valence-electron chi connectivity index (χ0n) is 22.0. The van der Waals surface area contributed by atoms with Gasteiger partial charge in [0, 0.05) is 51.5 Å². The molecule has 1 saturated carbocycles. The lowest BCUT2D eigenvalue weighted by Crippen LogP contribution is -2.58. The third-order valence-electron chi connectivity index (χ3n) is 7.82. The van der Waals surface area contributed by atoms with Crippen molar-refractivity contribution in [2.24, 2.45) is 23.3 Å². The molecule has 2 aliphatic heterocycles. The highest BCUT2D eigenvalue weighted by molar-refractivity contribution is 5.89. The fourth-order valence-corrected chi connectivity index (χ4v) is 5.52. The summed E-state index contributed by atoms with van der Waals surface area (Å²) in [6.07, 6.45) is 1.50. The Bertz CT molecular complexity index is 1320. The van der Waals surface area contributed by atoms with Crippen molar-refractivity contribution in [3.05, 3.63) is 52.6 Å². The first-order valence-electron chi connectivity index (χ1n) is 13.0. The van der Waals surface area contributed by atoms with E-state index in [0.717, 1.165) is 0 Å². The van der Waals surface area contributed by atoms with Crippen LogP contribution in [0.4, 0.5) is 10.6 Å². The Kier molecular flexibility index (Phi) is 6.91. The maximum absolute atomic E-state index is 12.7. The number of fused-ring (bicyclic) bond motifs is 1. The first kappa shape index (κ1) is 26.8. The summed E-state index contributed by atoms with van der Waals surface area (Å²) in [7, 11) is 0. The van der Waals surface area contributed by atoms with Crippen LogP contribution in [0.25, 0.3) is 5.69 Å². The highest BCUT2D eigenvalue weighted by Crippen LogP contribution is 2.46. The van der Waals surface area contributed by atoms with Gasteiger partial charge in [0.05, 0.1) is 11.2 Å². The molecule has 208 valence electrons. The van der Waals surface area contributed by atoms with Crippen LogP contribution in [0.3, 0.4) is 0 Å². The Hall–Kier alpha value is -3.81. The van der Waals surface area contributed by atoms with Gasteiger partial charge in [0.25, 0.3) is 0 Å². The number of carbonyl (C=O) groups excluding carboxylic acids is 2. The number of carboxylic acid groups (broad SMARTS) is 1. The fraction of sp³-hybridized carbons (Fsp3) is 0.500. The molecule has 0 bridgehead atoms. The number of carboxylic acids is 1. The lowest BCUT2D eigenvalue weighted by atomic mass is 10.0. The van der Waals surface area contributed by atoms with Gasteiger partial charge in [-0.2, -0.15) is 4.98 Å². The van der Waals surface area contributed by atoms with Gasteiger partial charge in [0.15, 0.2) is 0 Å². The van der Waals surface area contributed by atoms with Crippen molar-refractivity contribution in [2.45, 2.75) is 31.5 Å². The predicted octanol–water partition coefficient (Wildman–Crippen LogP) is -0.339. The molecule has 3 aliphatic rings. The summed E-state index contributed by atoms with van der Waals surface area (Å²) in [6.45, 7) is 6.04. The Morgan fingerprint density at radius 1 is 1.03 bits per heavy atom. The lowest BCUT2D eigenvalue weighted by Gasteiger charge is -2.37. The van der Waals surface area contributed by atoms with E-state index in [0.29, 0.717) is 62.4 Å². The predicted molar refractivity (Wildman–Crippen MR) is 142 cm³/mol. The molecule has 13 heteroatoms. The molecule has 1 aromatic carbocycles. The minimum Gasteiger partial charge on any atom is -0.480 e. The molecular formula is C26H34N8O5. The summed E-state index contributed by atoms with van der Waals surface area (Å²) < 4.78 is 1.32. The van der Waals surface area contributed by atoms with Gasteiger partial charge in [0.2, 0.25) is 5.91 Å². The number of hydrogen-bond donors (Lipinski definition) is 4. The first-order chi connectivity index (χ1) is 18.4. The number of nitrogens with two attached hydrogens (primary N) is 2. The molecule has 3 fully saturated rings. The maximum Gasteiger partial charge on any atom is 0.354 e. The van der Waals surface area contributed by atoms with Crippen LogP contribution in [0.2, 0.25) is 0 Å². The minimum absolute atomic E-state index is 0.108. The third-order valence-corrected chi connectivity index (χ3v) is 7.82. The van der Waals surface area contributed by atoms with Gasteiger partial charge in [-0.05, 0) is 49.4 Å². The van der Waals surface area contributed by atoms with E-state index in [9.17, 15) is 24.3 Å². The molecule has 5 rings (SSSR count). The van der Waals surface area contributed by atoms with Crippen molar-refractivity contribution in [1.82, 2.24) is 24.3 Å². The summed E-state index contributed by atoms with van der Waals surface area (Å²) in [5, 5.41) is 12.5. The Morgan fingerprint density at radius 3 is 2.15 bits per heavy atom. The van der Waals surface area contributed by atoms with Gasteiger partial charge in [-0.1, -0.05) is 12.1 Å². The number of nitrogens with zero attached hydrogens (tertiary/aromatic N) is 5. The Morgan fingerprint density at radius 2 is 1.62 bits per heavy atom. The molecule has 2 saturated heterocycles. The van der Waals surface area contributed by atoms with Crippen molar-refractivity contribution < 1.29 is 19.5 Å². The van der Waals surface area contributed by atoms with Crippen molar-refractivity contribution in [2.75, 3.05) is 44.6 Å². The Balaban J connectivity index is 1.21. The second-order valence-corrected chi connectivity index (χ2v) is 11.1. The van der Waals surface area contributed by atoms with Crippen LogP contribution >= 0.6 is 0 Å². The highest BCUT2D eigenvalue weighted by Gasteiger charge is 2.55. The van der Waals surface area contributed by atoms with Crippen molar-refractivity contribution in [3.63, 3.8) is 0 Å². The summed E-state index contributed by atoms with van der Waals surface area (Å²) in [5.74, 6) is -0.250. The molecule has 0 spiro atoms. The molecule has 0 radical (unpaired) electrons. The maximum atomic E-state index is 12.7. The van der Waals surface area contributed by atoms with Crippen LogP contribution in [-0.4, -0.2) is 98.1 Å². The van der Waals surface area contributed by atoms with E-state index in [-0.39, 0.29) is 17.8 Å². The molecule has 1 aliphatic carbocycles. The molecular weight excluding hydrogens is 504 g/mol. The molecule has 1 aromatic heterocycles. The molecule has 6 N–H and O–H groups in total. The van der Waals surface area contributed by atoms with Crippen molar-refractivity contribution in [3.8, 4) is 5.69 Å². The van der Waals surface area contributed by atoms with E-state index in [1.165, 1.54) is 16.8 Å². The van der Waals surface area contributed by atoms with Crippen LogP contribution in [0, 0.1) is 11.8 Å². The van der Waals surface area contributed by atoms with Gasteiger partial charge in [-0.15, -0.1) is 0 Å². The van der Waals surface area contributed by atoms with Crippen LogP contribution < -0.4 is 22.5 Å². The standard InChI is InChI=1S/C26H34N8O5/c1-26(2,28)23(37)31-9-11-32(12-10-31)24(38)29-19-7-8-34(25(39)30-19)16-5-3-15(4-6-16)21(22(35)36)33-13-17-18(14-33)20(17)27/h3-8,17-18,20-21H,9-14,27-28H2,1-2H3,(H,35,36)(H,29,30,38,39). The molecule has 3 heterocycles. The number of amides is 3. The number of piperidine rings is 1. The van der Waals surface area contributed by atoms with Crippen LogP contribution in [-0.2, 0) is 9.59 Å². The van der Waals surface area contributed by atoms with Crippen molar-refractivity contribution in [1.29, 1.82) is 0 Å². The first-order valence-corrected chi connectivity index (χ1v) is 13.0. The number of benzene rings is 1. The van der Waals surface area contributed by atoms with Crippen LogP contribution in [0.5, 0.6) is 0 Å². The highest BCUT2D eigenvalue weighted by atomic mass is 16.4. The van der Waals surface area contributed by atoms with Crippen LogP contribution in [0.15, 0.2) is 41.3 Å². The van der Waals surface area contributed by atoms with E-state index in [2.05, 4.69) is 10.3 Å². The second-order valence-electron chi connectivity index (χ2n) is 11.1. The number of likely N-dealkylation sites (tertiary alicyclic amines) is 1. The number of nitrogens with one attached hydrogen (secondary N) is 1. The number of aromatic nitrogens is 2. The summed E-state index contributed by atoms with van der Waals surface area (Å²) in [4.78, 5) is 58.9. The zero-order valence-corrected chi connectivity index (χ0v) is 22.0. The number of aliphatic carboxylic acids is 1. The smallest absolute Gasteiger partial charge is 0.354 e. The normalized spacial score (nSPS) is 23.7. The molecule has 2 aromatic rings. The minimum atomic E-state index is -0.973. The summed E-state index contributed by atoms with van der Waals surface area (Å²) in [5.41, 5.74) is 11.5. The third kappa shape index (κ3) is 5.37. The van der Waals surface area contributed by atoms with E-state index in [1.54, 1.807) is 47.9 Å². The largest absolute Gasteiger partial charge is 0.480 e. The van der Waals surface area contributed by atoms with Gasteiger partial charge < -0.3 is 26.4 Å². The molecule has 39 heavy (non-hydrogen) atoms. The van der Waals surface area contributed by atoms with E-state index >= 15 is 0 Å². The quantitative estimate of drug-likeness (QED) is 0.383. The fourth-order valence-electron chi connectivity index (χ4n) is 5.52. The summed E-state index contributed by atoms with van der Waals surface area (Å²) in [6, 6.07) is 7.28. The number of rotatable bonds is 6. The molecule has 3 atom stereocenters. The van der Waals surface area contributed by atoms with Crippen molar-refractivity contribution >= 4 is 23.7 Å². The monoisotopic (exact) mass is 538 g/mol. The van der Waals surface area contributed by atoms with E-state index in [4.69, 9.17) is 11.5 Å². The number of carbonyl (C=O) groups is 3. The zero-order chi connectivity index (χ0) is 28.1. The van der Waals surface area contributed by atoms with E-state index < -0.39 is 29.3 Å². The topological polar surface area (TPSA) is 180 Å². The Labute approximate surface area is 225 Å². The van der Waals surface area contributed by atoms with E-state index in [1.807, 2.05) is 4.90 Å². The van der Waals surface area contributed by atoms with Gasteiger partial charge >= 0.3 is 17.7 Å². The molecule has 3 unspecified atom stereocenters. The number of urea groups is 1. The number of hydrogen-bond acceptors (Lipinski definition) is 8. The SMILES string of the molecule is CC(C)(N)C(=O)N1CCN(C(=O)Nc2ccn(-c3ccc(C(C(=O)O)N4CC5C(N)C5C4)cc3)c(=O)n2)CC1. The molecule has 3 amide bonds. The van der Waals surface area contributed by atoms with Gasteiger partial charge in [0.1, 0.15) is 11.9 Å². The van der Waals surface area contributed by atoms with Gasteiger partial charge in [-0.25, -0.2) is 9.59 Å². The molecule has 13 nitrogen and oxygen atoms in total. The van der Waals surface area contributed by atoms with Crippen LogP contribution in [0.1, 0.15) is 25.5 Å². The summed E-state index contributed by atoms with van der Waals surface area (Å²) >= 11 is 0. The van der Waals surface area contributed by atoms with Gasteiger partial charge in [-0.3, -0.25) is 24.4 Å². The lowest BCUT2D eigenvalue weighted by molar-refractivity contribution is -0.143.